The molecule has 0 saturated heterocycles. The largest absolute Gasteiger partial charge is 0.494 e. The van der Waals surface area contributed by atoms with Crippen LogP contribution in [0.15, 0.2) is 35.5 Å². The van der Waals surface area contributed by atoms with Gasteiger partial charge in [0.2, 0.25) is 5.91 Å². The minimum atomic E-state index is -0.0520. The van der Waals surface area contributed by atoms with Crippen molar-refractivity contribution in [1.29, 1.82) is 0 Å². The molecule has 4 rings (SSSR count). The van der Waals surface area contributed by atoms with Crippen LogP contribution in [0.4, 0.5) is 0 Å². The van der Waals surface area contributed by atoms with Crippen molar-refractivity contribution in [3.05, 3.63) is 47.0 Å². The average Bonchev–Trinajstić information content (AvgIpc) is 3.25. The molecule has 0 bridgehead atoms. The van der Waals surface area contributed by atoms with E-state index in [-0.39, 0.29) is 12.0 Å². The molecule has 0 unspecified atom stereocenters. The molecule has 1 atom stereocenters. The number of H-pyrrole nitrogens is 1. The Balaban J connectivity index is 1.37. The van der Waals surface area contributed by atoms with Crippen molar-refractivity contribution in [2.24, 2.45) is 0 Å². The molecule has 2 aromatic carbocycles. The molecule has 1 amide bonds. The summed E-state index contributed by atoms with van der Waals surface area (Å²) in [7, 11) is 0. The highest BCUT2D eigenvalue weighted by Crippen LogP contribution is 2.35. The van der Waals surface area contributed by atoms with Crippen molar-refractivity contribution in [1.82, 2.24) is 15.3 Å². The molecule has 0 radical (unpaired) electrons. The van der Waals surface area contributed by atoms with E-state index in [2.05, 4.69) is 28.3 Å². The van der Waals surface area contributed by atoms with E-state index >= 15 is 0 Å². The highest BCUT2D eigenvalue weighted by molar-refractivity contribution is 7.99. The zero-order valence-corrected chi connectivity index (χ0v) is 17.7. The Kier molecular flexibility index (Phi) is 5.67. The predicted octanol–water partition coefficient (Wildman–Crippen LogP) is 4.00. The van der Waals surface area contributed by atoms with Crippen LogP contribution in [0.2, 0.25) is 0 Å². The SMILES string of the molecule is CCOc1cc2c(cc1CNC(=O)CSc1nc3ccc(C)cc3[nH]1)O[C@@H](C)C2. The molecule has 1 aliphatic rings. The first-order chi connectivity index (χ1) is 14.0. The van der Waals surface area contributed by atoms with Crippen molar-refractivity contribution in [3.8, 4) is 11.5 Å². The lowest BCUT2D eigenvalue weighted by Crippen LogP contribution is -2.25. The van der Waals surface area contributed by atoms with Gasteiger partial charge in [-0.05, 0) is 50.6 Å². The van der Waals surface area contributed by atoms with E-state index in [0.717, 1.165) is 45.2 Å². The lowest BCUT2D eigenvalue weighted by Gasteiger charge is -2.13. The molecule has 1 aromatic heterocycles. The number of nitrogens with zero attached hydrogens (tertiary/aromatic N) is 1. The molecule has 29 heavy (non-hydrogen) atoms. The first-order valence-electron chi connectivity index (χ1n) is 9.83. The Morgan fingerprint density at radius 1 is 1.38 bits per heavy atom. The number of benzene rings is 2. The second-order valence-corrected chi connectivity index (χ2v) is 8.23. The third kappa shape index (κ3) is 4.50. The van der Waals surface area contributed by atoms with Gasteiger partial charge in [-0.3, -0.25) is 4.79 Å². The first kappa shape index (κ1) is 19.6. The maximum absolute atomic E-state index is 12.4. The van der Waals surface area contributed by atoms with Gasteiger partial charge in [0, 0.05) is 24.1 Å². The number of amides is 1. The van der Waals surface area contributed by atoms with Crippen LogP contribution in [-0.4, -0.2) is 34.3 Å². The number of rotatable bonds is 7. The Morgan fingerprint density at radius 2 is 2.24 bits per heavy atom. The molecule has 7 heteroatoms. The lowest BCUT2D eigenvalue weighted by molar-refractivity contribution is -0.118. The summed E-state index contributed by atoms with van der Waals surface area (Å²) in [4.78, 5) is 20.1. The molecular weight excluding hydrogens is 386 g/mol. The minimum absolute atomic E-state index is 0.0520. The topological polar surface area (TPSA) is 76.2 Å². The summed E-state index contributed by atoms with van der Waals surface area (Å²) in [5, 5.41) is 3.72. The molecule has 3 aromatic rings. The van der Waals surface area contributed by atoms with Crippen LogP contribution in [0.1, 0.15) is 30.5 Å². The van der Waals surface area contributed by atoms with Crippen LogP contribution in [0.25, 0.3) is 11.0 Å². The molecule has 6 nitrogen and oxygen atoms in total. The van der Waals surface area contributed by atoms with E-state index in [4.69, 9.17) is 9.47 Å². The molecule has 0 spiro atoms. The van der Waals surface area contributed by atoms with E-state index in [1.807, 2.05) is 38.1 Å². The summed E-state index contributed by atoms with van der Waals surface area (Å²) in [6, 6.07) is 10.1. The zero-order valence-electron chi connectivity index (χ0n) is 16.9. The van der Waals surface area contributed by atoms with E-state index < -0.39 is 0 Å². The van der Waals surface area contributed by atoms with Crippen molar-refractivity contribution in [3.63, 3.8) is 0 Å². The average molecular weight is 412 g/mol. The summed E-state index contributed by atoms with van der Waals surface area (Å²) >= 11 is 1.40. The third-order valence-electron chi connectivity index (χ3n) is 4.81. The van der Waals surface area contributed by atoms with Gasteiger partial charge in [-0.15, -0.1) is 0 Å². The van der Waals surface area contributed by atoms with Crippen molar-refractivity contribution in [2.45, 2.75) is 45.0 Å². The van der Waals surface area contributed by atoms with Gasteiger partial charge in [-0.2, -0.15) is 0 Å². The highest BCUT2D eigenvalue weighted by atomic mass is 32.2. The van der Waals surface area contributed by atoms with Gasteiger partial charge in [-0.25, -0.2) is 4.98 Å². The summed E-state index contributed by atoms with van der Waals surface area (Å²) in [6.07, 6.45) is 1.06. The van der Waals surface area contributed by atoms with Gasteiger partial charge >= 0.3 is 0 Å². The maximum atomic E-state index is 12.4. The molecule has 0 fully saturated rings. The summed E-state index contributed by atoms with van der Waals surface area (Å²) < 4.78 is 11.6. The van der Waals surface area contributed by atoms with E-state index in [0.29, 0.717) is 18.9 Å². The maximum Gasteiger partial charge on any atom is 0.230 e. The van der Waals surface area contributed by atoms with Gasteiger partial charge in [0.25, 0.3) is 0 Å². The van der Waals surface area contributed by atoms with E-state index in [1.54, 1.807) is 0 Å². The van der Waals surface area contributed by atoms with Crippen molar-refractivity contribution < 1.29 is 14.3 Å². The minimum Gasteiger partial charge on any atom is -0.494 e. The van der Waals surface area contributed by atoms with Crippen LogP contribution in [-0.2, 0) is 17.8 Å². The molecular formula is C22H25N3O3S. The molecule has 1 aliphatic heterocycles. The summed E-state index contributed by atoms with van der Waals surface area (Å²) in [5.41, 5.74) is 5.16. The summed E-state index contributed by atoms with van der Waals surface area (Å²) in [5.74, 6) is 1.94. The highest BCUT2D eigenvalue weighted by Gasteiger charge is 2.22. The van der Waals surface area contributed by atoms with Crippen LogP contribution < -0.4 is 14.8 Å². The number of fused-ring (bicyclic) bond motifs is 2. The Hall–Kier alpha value is -2.67. The van der Waals surface area contributed by atoms with Gasteiger partial charge < -0.3 is 19.8 Å². The number of thioether (sulfide) groups is 1. The molecule has 0 aliphatic carbocycles. The number of aromatic amines is 1. The van der Waals surface area contributed by atoms with Crippen molar-refractivity contribution >= 4 is 28.7 Å². The fourth-order valence-corrected chi connectivity index (χ4v) is 4.17. The fourth-order valence-electron chi connectivity index (χ4n) is 3.46. The van der Waals surface area contributed by atoms with Crippen molar-refractivity contribution in [2.75, 3.05) is 12.4 Å². The van der Waals surface area contributed by atoms with Crippen LogP contribution in [0, 0.1) is 6.92 Å². The predicted molar refractivity (Wildman–Crippen MR) is 115 cm³/mol. The number of carbonyl (C=O) groups excluding carboxylic acids is 1. The summed E-state index contributed by atoms with van der Waals surface area (Å²) in [6.45, 7) is 7.04. The van der Waals surface area contributed by atoms with Crippen LogP contribution in [0.3, 0.4) is 0 Å². The fraction of sp³-hybridized carbons (Fsp3) is 0.364. The number of aryl methyl sites for hydroxylation is 1. The number of ether oxygens (including phenoxy) is 2. The van der Waals surface area contributed by atoms with Gasteiger partial charge in [0.1, 0.15) is 17.6 Å². The van der Waals surface area contributed by atoms with E-state index in [9.17, 15) is 4.79 Å². The smallest absolute Gasteiger partial charge is 0.230 e. The normalized spacial score (nSPS) is 15.2. The quantitative estimate of drug-likeness (QED) is 0.575. The van der Waals surface area contributed by atoms with Crippen LogP contribution >= 0.6 is 11.8 Å². The number of nitrogens with one attached hydrogen (secondary N) is 2. The number of hydrogen-bond acceptors (Lipinski definition) is 5. The second kappa shape index (κ2) is 8.37. The van der Waals surface area contributed by atoms with Crippen LogP contribution in [0.5, 0.6) is 11.5 Å². The Labute approximate surface area is 174 Å². The van der Waals surface area contributed by atoms with Gasteiger partial charge in [0.05, 0.1) is 23.4 Å². The number of hydrogen-bond donors (Lipinski definition) is 2. The molecule has 152 valence electrons. The first-order valence-corrected chi connectivity index (χ1v) is 10.8. The standard InChI is InChI=1S/C22H25N3O3S/c1-4-27-19-9-15-8-14(3)28-20(15)10-16(19)11-23-21(26)12-29-22-24-17-6-5-13(2)7-18(17)25-22/h5-7,9-10,14H,4,8,11-12H2,1-3H3,(H,23,26)(H,24,25)/t14-/m0/s1. The number of imidazole rings is 1. The third-order valence-corrected chi connectivity index (χ3v) is 5.68. The zero-order chi connectivity index (χ0) is 20.4. The molecule has 0 saturated carbocycles. The van der Waals surface area contributed by atoms with E-state index in [1.165, 1.54) is 17.3 Å². The van der Waals surface area contributed by atoms with Gasteiger partial charge in [0.15, 0.2) is 5.16 Å². The molecule has 2 heterocycles. The lowest BCUT2D eigenvalue weighted by atomic mass is 10.1. The van der Waals surface area contributed by atoms with Gasteiger partial charge in [-0.1, -0.05) is 17.8 Å². The number of carbonyl (C=O) groups is 1. The molecule has 2 N–H and O–H groups in total. The monoisotopic (exact) mass is 411 g/mol. The second-order valence-electron chi connectivity index (χ2n) is 7.26. The Bertz CT molecular complexity index is 1050. The Morgan fingerprint density at radius 3 is 3.07 bits per heavy atom. The number of aromatic nitrogens is 2.